The third kappa shape index (κ3) is 20.9. The maximum atomic E-state index is 11.1. The molecule has 0 saturated carbocycles. The number of likely N-dealkylation sites (N-methyl/N-ethyl adjacent to an activating group) is 4. The molecule has 44 heavy (non-hydrogen) atoms. The molecule has 2 aliphatic heterocycles. The SMILES string of the molecule is CNC(=O)C(N)CCC(=O)O.CNC(=O)C([NH3+])CCC(=O)[O-].CNC(=O)C1CCC(=O)N1.CNC(=O)C1CCC(N)([O-])[NH2+]1.O. The maximum Gasteiger partial charge on any atom is 0.303 e. The Morgan fingerprint density at radius 3 is 1.91 bits per heavy atom. The number of nitrogens with one attached hydrogen (secondary N) is 5. The average Bonchev–Trinajstić information content (AvgIpc) is 3.58. The number of amides is 5. The molecule has 0 aromatic rings. The Morgan fingerprint density at radius 1 is 1.00 bits per heavy atom. The van der Waals surface area contributed by atoms with E-state index in [1.54, 1.807) is 14.1 Å². The maximum absolute atomic E-state index is 11.1. The van der Waals surface area contributed by atoms with Crippen LogP contribution in [0, 0.1) is 0 Å². The van der Waals surface area contributed by atoms with E-state index in [2.05, 4.69) is 32.3 Å². The molecule has 5 atom stereocenters. The van der Waals surface area contributed by atoms with E-state index in [-0.39, 0.29) is 72.8 Å². The number of aliphatic carboxylic acids is 2. The van der Waals surface area contributed by atoms with E-state index in [4.69, 9.17) is 16.6 Å². The Balaban J connectivity index is -0.000000506. The van der Waals surface area contributed by atoms with Crippen molar-refractivity contribution in [2.45, 2.75) is 81.4 Å². The first-order valence-electron chi connectivity index (χ1n) is 13.5. The second-order valence-electron chi connectivity index (χ2n) is 9.53. The number of quaternary nitrogens is 2. The van der Waals surface area contributed by atoms with Gasteiger partial charge in [0.15, 0.2) is 12.1 Å². The number of hydrogen-bond donors (Lipinski definition) is 10. The second kappa shape index (κ2) is 23.5. The fourth-order valence-corrected chi connectivity index (χ4v) is 3.49. The largest absolute Gasteiger partial charge is 0.791 e. The lowest BCUT2D eigenvalue weighted by Crippen LogP contribution is -3.05. The van der Waals surface area contributed by atoms with Crippen molar-refractivity contribution >= 4 is 41.5 Å². The molecule has 0 aromatic heterocycles. The van der Waals surface area contributed by atoms with Gasteiger partial charge in [-0.1, -0.05) is 0 Å². The highest BCUT2D eigenvalue weighted by Crippen LogP contribution is 2.06. The van der Waals surface area contributed by atoms with Gasteiger partial charge in [0.1, 0.15) is 6.04 Å². The molecule has 5 amide bonds. The van der Waals surface area contributed by atoms with Crippen molar-refractivity contribution in [1.82, 2.24) is 26.6 Å². The number of carboxylic acids is 2. The van der Waals surface area contributed by atoms with Crippen molar-refractivity contribution in [1.29, 1.82) is 0 Å². The summed E-state index contributed by atoms with van der Waals surface area (Å²) < 4.78 is 0. The normalized spacial score (nSPS) is 20.9. The summed E-state index contributed by atoms with van der Waals surface area (Å²) in [5, 5.41) is 42.8. The van der Waals surface area contributed by atoms with Crippen LogP contribution in [-0.4, -0.2) is 110 Å². The lowest BCUT2D eigenvalue weighted by Gasteiger charge is -2.26. The third-order valence-corrected chi connectivity index (χ3v) is 6.04. The molecule has 20 heteroatoms. The van der Waals surface area contributed by atoms with Gasteiger partial charge in [-0.3, -0.25) is 34.5 Å². The summed E-state index contributed by atoms with van der Waals surface area (Å²) in [6.45, 7) is 0. The molecule has 256 valence electrons. The van der Waals surface area contributed by atoms with Crippen LogP contribution in [0.1, 0.15) is 51.4 Å². The molecule has 0 radical (unpaired) electrons. The number of rotatable bonds is 10. The highest BCUT2D eigenvalue weighted by Gasteiger charge is 2.34. The summed E-state index contributed by atoms with van der Waals surface area (Å²) in [5.41, 5.74) is 14.0. The van der Waals surface area contributed by atoms with Crippen molar-refractivity contribution in [2.24, 2.45) is 11.5 Å². The molecule has 20 nitrogen and oxygen atoms in total. The first-order valence-corrected chi connectivity index (χ1v) is 13.5. The minimum atomic E-state index is -1.49. The molecule has 5 unspecified atom stereocenters. The van der Waals surface area contributed by atoms with Crippen LogP contribution in [-0.2, 0) is 33.6 Å². The van der Waals surface area contributed by atoms with Crippen LogP contribution in [0.3, 0.4) is 0 Å². The van der Waals surface area contributed by atoms with Gasteiger partial charge in [-0.05, 0) is 19.3 Å². The van der Waals surface area contributed by atoms with Crippen molar-refractivity contribution in [3.05, 3.63) is 0 Å². The van der Waals surface area contributed by atoms with Crippen LogP contribution in [0.15, 0.2) is 0 Å². The van der Waals surface area contributed by atoms with Crippen molar-refractivity contribution in [2.75, 3.05) is 28.2 Å². The van der Waals surface area contributed by atoms with Crippen LogP contribution in [0.5, 0.6) is 0 Å². The van der Waals surface area contributed by atoms with Gasteiger partial charge in [-0.15, -0.1) is 0 Å². The van der Waals surface area contributed by atoms with Gasteiger partial charge in [0.05, 0.1) is 11.9 Å². The molecule has 0 spiro atoms. The van der Waals surface area contributed by atoms with Crippen LogP contribution in [0.25, 0.3) is 0 Å². The minimum absolute atomic E-state index is 0. The zero-order chi connectivity index (χ0) is 33.8. The quantitative estimate of drug-likeness (QED) is 0.0996. The molecule has 17 N–H and O–H groups in total. The van der Waals surface area contributed by atoms with Gasteiger partial charge < -0.3 is 69.0 Å². The standard InChI is InChI=1S/C6H12N3O2.2C6H12N2O3.C6H10N2O2.H2O/c1-8-5(10)4-2-3-6(7,11)9-4;2*1-8-6(11)4(7)2-3-5(9)10;1-7-6(10)4-2-3-5(9)8-4;/h4,9H,2-3,7H2,1H3,(H,8,10);2*4H,2-3,7H2,1H3,(H,8,11)(H,9,10);4H,2-3H2,1H3,(H,7,10)(H,8,9);1H2/q-1;;;;/p+1. The van der Waals surface area contributed by atoms with Gasteiger partial charge in [-0.25, -0.2) is 0 Å². The molecule has 0 bridgehead atoms. The van der Waals surface area contributed by atoms with Gasteiger partial charge in [0, 0.05) is 66.3 Å². The molecular formula is C24H49N9O11. The van der Waals surface area contributed by atoms with Gasteiger partial charge >= 0.3 is 5.97 Å². The van der Waals surface area contributed by atoms with Gasteiger partial charge in [0.2, 0.25) is 17.7 Å². The third-order valence-electron chi connectivity index (χ3n) is 6.04. The molecule has 0 aromatic carbocycles. The molecule has 2 rings (SSSR count). The van der Waals surface area contributed by atoms with E-state index in [0.717, 1.165) is 0 Å². The molecule has 0 aliphatic carbocycles. The summed E-state index contributed by atoms with van der Waals surface area (Å²) in [7, 11) is 6.06. The number of hydrogen-bond acceptors (Lipinski definition) is 11. The van der Waals surface area contributed by atoms with Crippen molar-refractivity contribution in [3.8, 4) is 0 Å². The summed E-state index contributed by atoms with van der Waals surface area (Å²) >= 11 is 0. The van der Waals surface area contributed by atoms with Gasteiger partial charge in [0.25, 0.3) is 11.8 Å². The zero-order valence-electron chi connectivity index (χ0n) is 25.5. The number of carboxylic acid groups (broad SMARTS) is 2. The lowest BCUT2D eigenvalue weighted by atomic mass is 10.1. The average molecular weight is 640 g/mol. The van der Waals surface area contributed by atoms with E-state index in [1.165, 1.54) is 19.4 Å². The Kier molecular flexibility index (Phi) is 23.8. The van der Waals surface area contributed by atoms with Crippen LogP contribution in [0.2, 0.25) is 0 Å². The molecule has 2 fully saturated rings. The minimum Gasteiger partial charge on any atom is -0.791 e. The molecule has 2 saturated heterocycles. The van der Waals surface area contributed by atoms with Crippen LogP contribution >= 0.6 is 0 Å². The first kappa shape index (κ1) is 44.5. The highest BCUT2D eigenvalue weighted by molar-refractivity contribution is 5.90. The Labute approximate surface area is 254 Å². The Morgan fingerprint density at radius 2 is 1.55 bits per heavy atom. The first-order chi connectivity index (χ1) is 19.9. The van der Waals surface area contributed by atoms with Crippen LogP contribution < -0.4 is 59.3 Å². The van der Waals surface area contributed by atoms with E-state index >= 15 is 0 Å². The van der Waals surface area contributed by atoms with Gasteiger partial charge in [-0.2, -0.15) is 0 Å². The van der Waals surface area contributed by atoms with Crippen molar-refractivity contribution < 1.29 is 65.4 Å². The number of carbonyl (C=O) groups excluding carboxylic acids is 6. The lowest BCUT2D eigenvalue weighted by molar-refractivity contribution is -0.855. The molecule has 2 aliphatic rings. The molecular weight excluding hydrogens is 590 g/mol. The smallest absolute Gasteiger partial charge is 0.303 e. The number of carbonyl (C=O) groups is 7. The summed E-state index contributed by atoms with van der Waals surface area (Å²) in [6.07, 6.45) is 2.22. The van der Waals surface area contributed by atoms with E-state index in [0.29, 0.717) is 25.7 Å². The van der Waals surface area contributed by atoms with E-state index < -0.39 is 29.9 Å². The fraction of sp³-hybridized carbons (Fsp3) is 0.708. The topological polar surface area (TPSA) is 374 Å². The van der Waals surface area contributed by atoms with Crippen LogP contribution in [0.4, 0.5) is 0 Å². The Hall–Kier alpha value is -3.95. The second-order valence-corrected chi connectivity index (χ2v) is 9.53. The zero-order valence-corrected chi connectivity index (χ0v) is 25.5. The Bertz CT molecular complexity index is 915. The summed E-state index contributed by atoms with van der Waals surface area (Å²) in [4.78, 5) is 73.8. The summed E-state index contributed by atoms with van der Waals surface area (Å²) in [6, 6.07) is -1.80. The van der Waals surface area contributed by atoms with E-state index in [9.17, 15) is 43.8 Å². The predicted octanol–water partition coefficient (Wildman–Crippen LogP) is -9.59. The van der Waals surface area contributed by atoms with Crippen molar-refractivity contribution in [3.63, 3.8) is 0 Å². The highest BCUT2D eigenvalue weighted by atomic mass is 16.4. The number of nitrogens with two attached hydrogens (primary N) is 3. The van der Waals surface area contributed by atoms with E-state index in [1.807, 2.05) is 0 Å². The predicted molar refractivity (Wildman–Crippen MR) is 149 cm³/mol. The molecule has 2 heterocycles. The summed E-state index contributed by atoms with van der Waals surface area (Å²) in [5.74, 6) is -4.41. The fourth-order valence-electron chi connectivity index (χ4n) is 3.49. The monoisotopic (exact) mass is 639 g/mol.